The molecule has 44 heavy (non-hydrogen) atoms. The second-order valence-corrected chi connectivity index (χ2v) is 13.1. The Morgan fingerprint density at radius 1 is 0.523 bits per heavy atom. The molecule has 0 aliphatic heterocycles. The molecule has 0 bridgehead atoms. The smallest absolute Gasteiger partial charge is 0.306 e. The normalized spacial score (nSPS) is 13.0. The molecule has 3 heteroatoms. The molecule has 0 fully saturated rings. The van der Waals surface area contributed by atoms with Crippen LogP contribution >= 0.6 is 0 Å². The number of unbranched alkanes of at least 4 members (excludes halogenated alkanes) is 16. The lowest BCUT2D eigenvalue weighted by Gasteiger charge is -2.18. The average molecular weight is 614 g/mol. The van der Waals surface area contributed by atoms with Crippen LogP contribution in [-0.4, -0.2) is 37.6 Å². The summed E-state index contributed by atoms with van der Waals surface area (Å²) in [6.07, 6.45) is 49.8. The van der Waals surface area contributed by atoms with Gasteiger partial charge in [0, 0.05) is 6.42 Å². The lowest BCUT2D eigenvalue weighted by molar-refractivity contribution is -0.150. The number of nitrogens with zero attached hydrogens (tertiary/aromatic N) is 1. The lowest BCUT2D eigenvalue weighted by atomic mass is 10.0. The number of esters is 1. The summed E-state index contributed by atoms with van der Waals surface area (Å²) in [4.78, 5) is 14.6. The molecule has 0 amide bonds. The lowest BCUT2D eigenvalue weighted by Crippen LogP contribution is -2.20. The summed E-state index contributed by atoms with van der Waals surface area (Å²) in [5, 5.41) is 0. The van der Waals surface area contributed by atoms with E-state index in [0.717, 1.165) is 38.6 Å². The van der Waals surface area contributed by atoms with E-state index in [2.05, 4.69) is 81.5 Å². The molecule has 3 nitrogen and oxygen atoms in total. The first-order valence-corrected chi connectivity index (χ1v) is 19.0. The van der Waals surface area contributed by atoms with E-state index < -0.39 is 0 Å². The summed E-state index contributed by atoms with van der Waals surface area (Å²) in [7, 11) is 4.12. The van der Waals surface area contributed by atoms with Gasteiger partial charge in [0.15, 0.2) is 0 Å². The van der Waals surface area contributed by atoms with Crippen LogP contribution in [0.15, 0.2) is 48.6 Å². The predicted molar refractivity (Wildman–Crippen MR) is 196 cm³/mol. The third-order valence-electron chi connectivity index (χ3n) is 8.24. The van der Waals surface area contributed by atoms with Gasteiger partial charge in [-0.1, -0.05) is 127 Å². The van der Waals surface area contributed by atoms with Crippen molar-refractivity contribution >= 4 is 5.97 Å². The van der Waals surface area contributed by atoms with Crippen molar-refractivity contribution < 1.29 is 9.53 Å². The first-order chi connectivity index (χ1) is 21.6. The van der Waals surface area contributed by atoms with Crippen molar-refractivity contribution in [2.75, 3.05) is 20.6 Å². The first kappa shape index (κ1) is 42.4. The molecular weight excluding hydrogens is 538 g/mol. The number of rotatable bonds is 33. The zero-order valence-corrected chi connectivity index (χ0v) is 30.1. The summed E-state index contributed by atoms with van der Waals surface area (Å²) < 4.78 is 5.98. The number of carbonyl (C=O) groups excluding carboxylic acids is 1. The highest BCUT2D eigenvalue weighted by atomic mass is 16.5. The van der Waals surface area contributed by atoms with Crippen molar-refractivity contribution in [2.45, 2.75) is 187 Å². The van der Waals surface area contributed by atoms with Gasteiger partial charge in [0.25, 0.3) is 0 Å². The van der Waals surface area contributed by atoms with Gasteiger partial charge in [-0.3, -0.25) is 4.79 Å². The van der Waals surface area contributed by atoms with Crippen molar-refractivity contribution in [3.63, 3.8) is 0 Å². The molecule has 0 rings (SSSR count). The minimum atomic E-state index is 0.00133. The van der Waals surface area contributed by atoms with Crippen LogP contribution in [0.5, 0.6) is 0 Å². The molecular formula is C41H75NO2. The highest BCUT2D eigenvalue weighted by Crippen LogP contribution is 2.18. The van der Waals surface area contributed by atoms with E-state index in [1.165, 1.54) is 128 Å². The average Bonchev–Trinajstić information content (AvgIpc) is 3.00. The van der Waals surface area contributed by atoms with Crippen molar-refractivity contribution in [1.29, 1.82) is 0 Å². The van der Waals surface area contributed by atoms with Crippen molar-refractivity contribution in [3.05, 3.63) is 48.6 Å². The fraction of sp³-hybridized carbons (Fsp3) is 0.780. The van der Waals surface area contributed by atoms with E-state index in [1.54, 1.807) is 0 Å². The number of allylic oxidation sites excluding steroid dienone is 8. The van der Waals surface area contributed by atoms with Gasteiger partial charge in [0.05, 0.1) is 0 Å². The van der Waals surface area contributed by atoms with E-state index in [1.807, 2.05) is 0 Å². The summed E-state index contributed by atoms with van der Waals surface area (Å²) in [6, 6.07) is 0. The molecule has 0 radical (unpaired) electrons. The second kappa shape index (κ2) is 35.9. The standard InChI is InChI=1S/C41H75NO2/c1-5-7-9-11-13-15-17-19-21-22-24-26-28-30-32-34-37-40(44-41(43)38-35-39-42(3)4)36-33-31-29-27-25-23-20-18-16-14-12-10-8-6-2/h13-16,19-21,23,40H,5-12,17-18,22,24-39H2,1-4H3/b15-13-,16-14-,21-19-,23-20-. The predicted octanol–water partition coefficient (Wildman–Crippen LogP) is 12.9. The van der Waals surface area contributed by atoms with Crippen LogP contribution in [0.3, 0.4) is 0 Å². The quantitative estimate of drug-likeness (QED) is 0.0419. The van der Waals surface area contributed by atoms with Gasteiger partial charge in [-0.05, 0) is 117 Å². The van der Waals surface area contributed by atoms with E-state index in [9.17, 15) is 4.79 Å². The third kappa shape index (κ3) is 34.9. The minimum absolute atomic E-state index is 0.00133. The van der Waals surface area contributed by atoms with Crippen molar-refractivity contribution in [2.24, 2.45) is 0 Å². The second-order valence-electron chi connectivity index (χ2n) is 13.1. The monoisotopic (exact) mass is 614 g/mol. The maximum Gasteiger partial charge on any atom is 0.306 e. The first-order valence-electron chi connectivity index (χ1n) is 19.0. The minimum Gasteiger partial charge on any atom is -0.462 e. The van der Waals surface area contributed by atoms with Crippen molar-refractivity contribution in [3.8, 4) is 0 Å². The summed E-state index contributed by atoms with van der Waals surface area (Å²) in [5.41, 5.74) is 0. The Morgan fingerprint density at radius 3 is 1.32 bits per heavy atom. The molecule has 0 aromatic rings. The van der Waals surface area contributed by atoms with Crippen molar-refractivity contribution in [1.82, 2.24) is 4.90 Å². The molecule has 256 valence electrons. The topological polar surface area (TPSA) is 29.5 Å². The highest BCUT2D eigenvalue weighted by molar-refractivity contribution is 5.69. The molecule has 0 aliphatic rings. The number of carbonyl (C=O) groups is 1. The fourth-order valence-corrected chi connectivity index (χ4v) is 5.41. The van der Waals surface area contributed by atoms with Crippen LogP contribution in [0.4, 0.5) is 0 Å². The fourth-order valence-electron chi connectivity index (χ4n) is 5.41. The number of hydrogen-bond donors (Lipinski definition) is 0. The van der Waals surface area contributed by atoms with Gasteiger partial charge in [0.1, 0.15) is 6.10 Å². The number of hydrogen-bond acceptors (Lipinski definition) is 3. The molecule has 0 spiro atoms. The zero-order valence-electron chi connectivity index (χ0n) is 30.1. The maximum atomic E-state index is 12.5. The Hall–Kier alpha value is -1.61. The molecule has 0 saturated heterocycles. The highest BCUT2D eigenvalue weighted by Gasteiger charge is 2.14. The molecule has 0 aliphatic carbocycles. The van der Waals surface area contributed by atoms with Crippen LogP contribution in [0.1, 0.15) is 181 Å². The Labute approximate surface area is 276 Å². The van der Waals surface area contributed by atoms with Gasteiger partial charge in [-0.15, -0.1) is 0 Å². The zero-order chi connectivity index (χ0) is 32.2. The van der Waals surface area contributed by atoms with E-state index in [0.29, 0.717) is 6.42 Å². The summed E-state index contributed by atoms with van der Waals surface area (Å²) in [6.45, 7) is 5.46. The van der Waals surface area contributed by atoms with E-state index >= 15 is 0 Å². The Kier molecular flexibility index (Phi) is 34.6. The molecule has 1 unspecified atom stereocenters. The van der Waals surface area contributed by atoms with Gasteiger partial charge in [0.2, 0.25) is 0 Å². The Bertz CT molecular complexity index is 705. The van der Waals surface area contributed by atoms with Crippen LogP contribution in [0.25, 0.3) is 0 Å². The Morgan fingerprint density at radius 2 is 0.909 bits per heavy atom. The largest absolute Gasteiger partial charge is 0.462 e. The van der Waals surface area contributed by atoms with Crippen LogP contribution < -0.4 is 0 Å². The third-order valence-corrected chi connectivity index (χ3v) is 8.24. The maximum absolute atomic E-state index is 12.5. The molecule has 0 N–H and O–H groups in total. The summed E-state index contributed by atoms with van der Waals surface area (Å²) >= 11 is 0. The summed E-state index contributed by atoms with van der Waals surface area (Å²) in [5.74, 6) is 0.00133. The van der Waals surface area contributed by atoms with Gasteiger partial charge in [-0.2, -0.15) is 0 Å². The molecule has 1 atom stereocenters. The van der Waals surface area contributed by atoms with E-state index in [4.69, 9.17) is 4.74 Å². The number of ether oxygens (including phenoxy) is 1. The molecule has 0 saturated carbocycles. The van der Waals surface area contributed by atoms with Gasteiger partial charge < -0.3 is 9.64 Å². The molecule has 0 aromatic carbocycles. The molecule has 0 heterocycles. The van der Waals surface area contributed by atoms with E-state index in [-0.39, 0.29) is 12.1 Å². The van der Waals surface area contributed by atoms with Crippen LogP contribution in [-0.2, 0) is 9.53 Å². The van der Waals surface area contributed by atoms with Gasteiger partial charge in [-0.25, -0.2) is 0 Å². The van der Waals surface area contributed by atoms with Crippen LogP contribution in [0.2, 0.25) is 0 Å². The van der Waals surface area contributed by atoms with Gasteiger partial charge >= 0.3 is 5.97 Å². The SMILES string of the molecule is CCCCC/C=C\C/C=C\CCCCCCCCC(CCCCCC/C=C\C/C=C\CCCCC)OC(=O)CCCN(C)C. The van der Waals surface area contributed by atoms with Crippen LogP contribution in [0, 0.1) is 0 Å². The molecule has 0 aromatic heterocycles. The Balaban J connectivity index is 4.05.